The summed E-state index contributed by atoms with van der Waals surface area (Å²) in [5, 5.41) is 5.29. The van der Waals surface area contributed by atoms with Gasteiger partial charge in [-0.25, -0.2) is 4.68 Å². The van der Waals surface area contributed by atoms with Crippen LogP contribution in [-0.4, -0.2) is 9.78 Å². The smallest absolute Gasteiger partial charge is 0.0743 e. The minimum Gasteiger partial charge on any atom is -0.233 e. The Morgan fingerprint density at radius 1 is 0.947 bits per heavy atom. The molecule has 0 aliphatic carbocycles. The number of benzene rings is 2. The lowest BCUT2D eigenvalue weighted by Crippen LogP contribution is -1.98. The Kier molecular flexibility index (Phi) is 3.10. The summed E-state index contributed by atoms with van der Waals surface area (Å²) in [6, 6.07) is 20.0. The first-order valence-corrected chi connectivity index (χ1v) is 6.50. The number of hydrogen-bond donors (Lipinski definition) is 0. The summed E-state index contributed by atoms with van der Waals surface area (Å²) in [7, 11) is 0. The molecule has 1 aromatic heterocycles. The lowest BCUT2D eigenvalue weighted by Gasteiger charge is -2.07. The molecule has 2 aromatic carbocycles. The second kappa shape index (κ2) is 4.90. The maximum absolute atomic E-state index is 5.93. The molecule has 0 amide bonds. The zero-order chi connectivity index (χ0) is 13.2. The van der Waals surface area contributed by atoms with E-state index >= 15 is 0 Å². The van der Waals surface area contributed by atoms with E-state index in [1.165, 1.54) is 0 Å². The van der Waals surface area contributed by atoms with Crippen molar-refractivity contribution in [3.8, 4) is 16.9 Å². The fourth-order valence-electron chi connectivity index (χ4n) is 2.09. The Hall–Kier alpha value is -2.06. The third kappa shape index (κ3) is 2.40. The molecule has 19 heavy (non-hydrogen) atoms. The molecular weight excluding hydrogens is 256 g/mol. The molecule has 0 fully saturated rings. The van der Waals surface area contributed by atoms with Gasteiger partial charge in [0.2, 0.25) is 0 Å². The van der Waals surface area contributed by atoms with Crippen molar-refractivity contribution < 1.29 is 0 Å². The first-order chi connectivity index (χ1) is 9.24. The van der Waals surface area contributed by atoms with Gasteiger partial charge >= 0.3 is 0 Å². The molecule has 3 rings (SSSR count). The van der Waals surface area contributed by atoms with Crippen LogP contribution in [-0.2, 0) is 0 Å². The molecule has 3 heteroatoms. The summed E-state index contributed by atoms with van der Waals surface area (Å²) in [5.74, 6) is 0. The van der Waals surface area contributed by atoms with Crippen molar-refractivity contribution in [2.45, 2.75) is 6.92 Å². The van der Waals surface area contributed by atoms with Crippen molar-refractivity contribution in [3.05, 3.63) is 71.4 Å². The van der Waals surface area contributed by atoms with Crippen LogP contribution < -0.4 is 0 Å². The Labute approximate surface area is 117 Å². The van der Waals surface area contributed by atoms with Crippen molar-refractivity contribution >= 4 is 11.6 Å². The first-order valence-electron chi connectivity index (χ1n) is 6.12. The molecule has 0 aliphatic rings. The van der Waals surface area contributed by atoms with Crippen LogP contribution in [0.4, 0.5) is 0 Å². The lowest BCUT2D eigenvalue weighted by atomic mass is 10.1. The molecule has 0 spiro atoms. The predicted octanol–water partition coefficient (Wildman–Crippen LogP) is 4.50. The predicted molar refractivity (Wildman–Crippen MR) is 78.7 cm³/mol. The number of aromatic nitrogens is 2. The molecule has 3 aromatic rings. The minimum atomic E-state index is 0.730. The van der Waals surface area contributed by atoms with Crippen LogP contribution >= 0.6 is 11.6 Å². The molecule has 0 N–H and O–H groups in total. The van der Waals surface area contributed by atoms with Gasteiger partial charge in [-0.15, -0.1) is 0 Å². The SMILES string of the molecule is Cc1cc(-c2ccccc2)n(-c2ccc(Cl)cc2)n1. The summed E-state index contributed by atoms with van der Waals surface area (Å²) in [4.78, 5) is 0. The Morgan fingerprint density at radius 3 is 2.32 bits per heavy atom. The van der Waals surface area contributed by atoms with Gasteiger partial charge in [-0.2, -0.15) is 5.10 Å². The van der Waals surface area contributed by atoms with E-state index in [2.05, 4.69) is 23.3 Å². The standard InChI is InChI=1S/C16H13ClN2/c1-12-11-16(13-5-3-2-4-6-13)19(18-12)15-9-7-14(17)8-10-15/h2-11H,1H3. The molecule has 0 saturated heterocycles. The fraction of sp³-hybridized carbons (Fsp3) is 0.0625. The third-order valence-corrected chi connectivity index (χ3v) is 3.22. The highest BCUT2D eigenvalue weighted by Crippen LogP contribution is 2.24. The summed E-state index contributed by atoms with van der Waals surface area (Å²) < 4.78 is 1.95. The van der Waals surface area contributed by atoms with Gasteiger partial charge in [-0.1, -0.05) is 41.9 Å². The average molecular weight is 269 g/mol. The van der Waals surface area contributed by atoms with Crippen LogP contribution in [0.1, 0.15) is 5.69 Å². The molecule has 0 aliphatic heterocycles. The van der Waals surface area contributed by atoms with E-state index in [0.29, 0.717) is 0 Å². The minimum absolute atomic E-state index is 0.730. The molecule has 94 valence electrons. The molecule has 0 unspecified atom stereocenters. The fourth-order valence-corrected chi connectivity index (χ4v) is 2.22. The molecule has 0 radical (unpaired) electrons. The van der Waals surface area contributed by atoms with Gasteiger partial charge < -0.3 is 0 Å². The number of nitrogens with zero attached hydrogens (tertiary/aromatic N) is 2. The summed E-state index contributed by atoms with van der Waals surface area (Å²) >= 11 is 5.93. The summed E-state index contributed by atoms with van der Waals surface area (Å²) in [6.07, 6.45) is 0. The van der Waals surface area contributed by atoms with Crippen molar-refractivity contribution in [2.75, 3.05) is 0 Å². The van der Waals surface area contributed by atoms with Gasteiger partial charge in [-0.3, -0.25) is 0 Å². The molecule has 0 atom stereocenters. The van der Waals surface area contributed by atoms with Gasteiger partial charge in [0.05, 0.1) is 17.1 Å². The van der Waals surface area contributed by atoms with E-state index < -0.39 is 0 Å². The van der Waals surface area contributed by atoms with Crippen LogP contribution in [0.3, 0.4) is 0 Å². The zero-order valence-electron chi connectivity index (χ0n) is 10.5. The third-order valence-electron chi connectivity index (χ3n) is 2.97. The lowest BCUT2D eigenvalue weighted by molar-refractivity contribution is 0.869. The molecule has 0 bridgehead atoms. The highest BCUT2D eigenvalue weighted by Gasteiger charge is 2.09. The number of halogens is 1. The number of hydrogen-bond acceptors (Lipinski definition) is 1. The Balaban J connectivity index is 2.15. The molecule has 2 nitrogen and oxygen atoms in total. The molecular formula is C16H13ClN2. The molecule has 1 heterocycles. The van der Waals surface area contributed by atoms with E-state index in [0.717, 1.165) is 27.7 Å². The van der Waals surface area contributed by atoms with Gasteiger partial charge in [0.25, 0.3) is 0 Å². The zero-order valence-corrected chi connectivity index (χ0v) is 11.3. The van der Waals surface area contributed by atoms with E-state index in [4.69, 9.17) is 11.6 Å². The Morgan fingerprint density at radius 2 is 1.63 bits per heavy atom. The van der Waals surface area contributed by atoms with Crippen molar-refractivity contribution in [1.82, 2.24) is 9.78 Å². The second-order valence-electron chi connectivity index (χ2n) is 4.43. The summed E-state index contributed by atoms with van der Waals surface area (Å²) in [6.45, 7) is 2.00. The van der Waals surface area contributed by atoms with Crippen molar-refractivity contribution in [1.29, 1.82) is 0 Å². The van der Waals surface area contributed by atoms with Crippen molar-refractivity contribution in [3.63, 3.8) is 0 Å². The Bertz CT molecular complexity index is 685. The second-order valence-corrected chi connectivity index (χ2v) is 4.86. The highest BCUT2D eigenvalue weighted by atomic mass is 35.5. The van der Waals surface area contributed by atoms with Gasteiger partial charge in [0.15, 0.2) is 0 Å². The number of aryl methyl sites for hydroxylation is 1. The van der Waals surface area contributed by atoms with Gasteiger partial charge in [0.1, 0.15) is 0 Å². The topological polar surface area (TPSA) is 17.8 Å². The van der Waals surface area contributed by atoms with E-state index in [1.807, 2.05) is 54.1 Å². The maximum atomic E-state index is 5.93. The maximum Gasteiger partial charge on any atom is 0.0743 e. The quantitative estimate of drug-likeness (QED) is 0.669. The average Bonchev–Trinajstić information content (AvgIpc) is 2.83. The van der Waals surface area contributed by atoms with E-state index in [9.17, 15) is 0 Å². The van der Waals surface area contributed by atoms with Crippen LogP contribution in [0.2, 0.25) is 5.02 Å². The van der Waals surface area contributed by atoms with Crippen LogP contribution in [0, 0.1) is 6.92 Å². The number of rotatable bonds is 2. The molecule has 0 saturated carbocycles. The van der Waals surface area contributed by atoms with Crippen LogP contribution in [0.25, 0.3) is 16.9 Å². The highest BCUT2D eigenvalue weighted by molar-refractivity contribution is 6.30. The monoisotopic (exact) mass is 268 g/mol. The van der Waals surface area contributed by atoms with E-state index in [-0.39, 0.29) is 0 Å². The van der Waals surface area contributed by atoms with Crippen LogP contribution in [0.15, 0.2) is 60.7 Å². The van der Waals surface area contributed by atoms with Gasteiger partial charge in [-0.05, 0) is 37.3 Å². The van der Waals surface area contributed by atoms with Crippen molar-refractivity contribution in [2.24, 2.45) is 0 Å². The van der Waals surface area contributed by atoms with Gasteiger partial charge in [0, 0.05) is 10.6 Å². The largest absolute Gasteiger partial charge is 0.233 e. The first kappa shape index (κ1) is 12.0. The summed E-state index contributed by atoms with van der Waals surface area (Å²) in [5.41, 5.74) is 4.24. The van der Waals surface area contributed by atoms with E-state index in [1.54, 1.807) is 0 Å². The van der Waals surface area contributed by atoms with Crippen LogP contribution in [0.5, 0.6) is 0 Å². The normalized spacial score (nSPS) is 10.6.